The average Bonchev–Trinajstić information content (AvgIpc) is 3.14. The van der Waals surface area contributed by atoms with Gasteiger partial charge in [-0.25, -0.2) is 0 Å². The highest BCUT2D eigenvalue weighted by Crippen LogP contribution is 2.43. The summed E-state index contributed by atoms with van der Waals surface area (Å²) < 4.78 is 1.12. The van der Waals surface area contributed by atoms with Gasteiger partial charge in [-0.15, -0.1) is 0 Å². The Morgan fingerprint density at radius 3 is 2.95 bits per heavy atom. The van der Waals surface area contributed by atoms with Gasteiger partial charge in [0.05, 0.1) is 0 Å². The highest BCUT2D eigenvalue weighted by Gasteiger charge is 2.41. The lowest BCUT2D eigenvalue weighted by atomic mass is 9.96. The number of H-pyrrole nitrogens is 1. The summed E-state index contributed by atoms with van der Waals surface area (Å²) in [5.74, 6) is 0.383. The third-order valence-electron chi connectivity index (χ3n) is 4.68. The van der Waals surface area contributed by atoms with Gasteiger partial charge < -0.3 is 5.32 Å². The maximum absolute atomic E-state index is 12.5. The van der Waals surface area contributed by atoms with Crippen LogP contribution in [0, 0.1) is 0 Å². The highest BCUT2D eigenvalue weighted by molar-refractivity contribution is 9.10. The van der Waals surface area contributed by atoms with Crippen LogP contribution in [0.3, 0.4) is 0 Å². The van der Waals surface area contributed by atoms with E-state index in [1.165, 1.54) is 12.0 Å². The van der Waals surface area contributed by atoms with Crippen molar-refractivity contribution in [2.45, 2.75) is 44.1 Å². The Balaban J connectivity index is 1.46. The van der Waals surface area contributed by atoms with E-state index in [1.54, 1.807) is 0 Å². The molecule has 0 spiro atoms. The molecule has 2 N–H and O–H groups in total. The van der Waals surface area contributed by atoms with Crippen molar-refractivity contribution in [2.24, 2.45) is 0 Å². The SMILES string of the molecule is O=C(N[C@@H]1C[C@H]1c1ccccc1Br)c1n[nH]c2c1CCCC2. The molecule has 114 valence electrons. The van der Waals surface area contributed by atoms with Gasteiger partial charge in [-0.2, -0.15) is 5.10 Å². The van der Waals surface area contributed by atoms with Crippen LogP contribution in [-0.4, -0.2) is 22.1 Å². The van der Waals surface area contributed by atoms with Crippen LogP contribution in [0.25, 0.3) is 0 Å². The molecule has 22 heavy (non-hydrogen) atoms. The number of hydrogen-bond acceptors (Lipinski definition) is 2. The molecule has 0 unspecified atom stereocenters. The summed E-state index contributed by atoms with van der Waals surface area (Å²) in [7, 11) is 0. The molecule has 0 aliphatic heterocycles. The van der Waals surface area contributed by atoms with Crippen molar-refractivity contribution in [3.8, 4) is 0 Å². The van der Waals surface area contributed by atoms with E-state index in [0.717, 1.165) is 41.4 Å². The fourth-order valence-corrected chi connectivity index (χ4v) is 3.96. The number of benzene rings is 1. The largest absolute Gasteiger partial charge is 0.347 e. The van der Waals surface area contributed by atoms with Gasteiger partial charge in [0.2, 0.25) is 0 Å². The lowest BCUT2D eigenvalue weighted by Gasteiger charge is -2.11. The van der Waals surface area contributed by atoms with E-state index >= 15 is 0 Å². The summed E-state index contributed by atoms with van der Waals surface area (Å²) in [5.41, 5.74) is 4.15. The number of halogens is 1. The Labute approximate surface area is 137 Å². The molecule has 4 rings (SSSR count). The molecule has 2 aliphatic carbocycles. The van der Waals surface area contributed by atoms with Gasteiger partial charge in [-0.1, -0.05) is 34.1 Å². The Morgan fingerprint density at radius 1 is 1.27 bits per heavy atom. The normalized spacial score (nSPS) is 23.0. The molecule has 1 aromatic carbocycles. The lowest BCUT2D eigenvalue weighted by molar-refractivity contribution is 0.0944. The van der Waals surface area contributed by atoms with E-state index in [-0.39, 0.29) is 11.9 Å². The van der Waals surface area contributed by atoms with Crippen LogP contribution in [0.15, 0.2) is 28.7 Å². The van der Waals surface area contributed by atoms with Crippen LogP contribution < -0.4 is 5.32 Å². The molecule has 1 heterocycles. The second-order valence-electron chi connectivity index (χ2n) is 6.18. The highest BCUT2D eigenvalue weighted by atomic mass is 79.9. The predicted molar refractivity (Wildman–Crippen MR) is 88.0 cm³/mol. The molecular weight excluding hydrogens is 342 g/mol. The lowest BCUT2D eigenvalue weighted by Crippen LogP contribution is -2.28. The van der Waals surface area contributed by atoms with Gasteiger partial charge in [0.25, 0.3) is 5.91 Å². The maximum atomic E-state index is 12.5. The number of aromatic amines is 1. The van der Waals surface area contributed by atoms with Crippen LogP contribution in [0.5, 0.6) is 0 Å². The number of hydrogen-bond donors (Lipinski definition) is 2. The molecule has 1 aromatic heterocycles. The van der Waals surface area contributed by atoms with Gasteiger partial charge in [0, 0.05) is 27.7 Å². The van der Waals surface area contributed by atoms with Crippen molar-refractivity contribution in [1.82, 2.24) is 15.5 Å². The van der Waals surface area contributed by atoms with E-state index in [1.807, 2.05) is 12.1 Å². The Hall–Kier alpha value is -1.62. The Kier molecular flexibility index (Phi) is 3.53. The maximum Gasteiger partial charge on any atom is 0.272 e. The number of amides is 1. The fraction of sp³-hybridized carbons (Fsp3) is 0.412. The third kappa shape index (κ3) is 2.47. The molecule has 4 nitrogen and oxygen atoms in total. The monoisotopic (exact) mass is 359 g/mol. The van der Waals surface area contributed by atoms with Gasteiger partial charge in [0.15, 0.2) is 5.69 Å². The molecule has 0 radical (unpaired) electrons. The number of rotatable bonds is 3. The number of fused-ring (bicyclic) bond motifs is 1. The van der Waals surface area contributed by atoms with Gasteiger partial charge >= 0.3 is 0 Å². The number of nitrogens with zero attached hydrogens (tertiary/aromatic N) is 1. The van der Waals surface area contributed by atoms with Crippen LogP contribution in [0.2, 0.25) is 0 Å². The molecule has 2 atom stereocenters. The van der Waals surface area contributed by atoms with Crippen molar-refractivity contribution >= 4 is 21.8 Å². The van der Waals surface area contributed by atoms with Crippen LogP contribution in [-0.2, 0) is 12.8 Å². The van der Waals surface area contributed by atoms with Gasteiger partial charge in [-0.3, -0.25) is 9.89 Å². The smallest absolute Gasteiger partial charge is 0.272 e. The van der Waals surface area contributed by atoms with E-state index in [0.29, 0.717) is 11.6 Å². The standard InChI is InChI=1S/C17H18BrN3O/c18-13-7-3-1-5-10(13)12-9-15(12)19-17(22)16-11-6-2-4-8-14(11)20-21-16/h1,3,5,7,12,15H,2,4,6,8-9H2,(H,19,22)(H,20,21)/t12-,15+/m0/s1. The zero-order valence-electron chi connectivity index (χ0n) is 12.2. The van der Waals surface area contributed by atoms with Crippen LogP contribution in [0.1, 0.15) is 52.5 Å². The van der Waals surface area contributed by atoms with Gasteiger partial charge in [-0.05, 0) is 43.7 Å². The molecule has 5 heteroatoms. The first-order valence-corrected chi connectivity index (χ1v) is 8.64. The summed E-state index contributed by atoms with van der Waals surface area (Å²) in [6.07, 6.45) is 5.31. The molecular formula is C17H18BrN3O. The molecule has 2 aromatic rings. The molecule has 1 saturated carbocycles. The zero-order chi connectivity index (χ0) is 15.1. The predicted octanol–water partition coefficient (Wildman–Crippen LogP) is 3.34. The van der Waals surface area contributed by atoms with Crippen LogP contribution in [0.4, 0.5) is 0 Å². The van der Waals surface area contributed by atoms with E-state index in [9.17, 15) is 4.79 Å². The zero-order valence-corrected chi connectivity index (χ0v) is 13.8. The molecule has 0 saturated heterocycles. The first-order valence-electron chi connectivity index (χ1n) is 7.85. The fourth-order valence-electron chi connectivity index (χ4n) is 3.38. The average molecular weight is 360 g/mol. The number of carbonyl (C=O) groups is 1. The number of aromatic nitrogens is 2. The van der Waals surface area contributed by atoms with Crippen molar-refractivity contribution in [3.63, 3.8) is 0 Å². The second-order valence-corrected chi connectivity index (χ2v) is 7.03. The minimum absolute atomic E-state index is 0.0287. The summed E-state index contributed by atoms with van der Waals surface area (Å²) in [6, 6.07) is 8.46. The summed E-state index contributed by atoms with van der Waals surface area (Å²) in [6.45, 7) is 0. The van der Waals surface area contributed by atoms with Crippen molar-refractivity contribution in [3.05, 3.63) is 51.3 Å². The first kappa shape index (κ1) is 14.0. The van der Waals surface area contributed by atoms with Gasteiger partial charge in [0.1, 0.15) is 0 Å². The summed E-state index contributed by atoms with van der Waals surface area (Å²) >= 11 is 3.59. The summed E-state index contributed by atoms with van der Waals surface area (Å²) in [5, 5.41) is 10.4. The molecule has 1 fully saturated rings. The second kappa shape index (κ2) is 5.54. The molecule has 1 amide bonds. The topological polar surface area (TPSA) is 57.8 Å². The van der Waals surface area contributed by atoms with E-state index < -0.39 is 0 Å². The Morgan fingerprint density at radius 2 is 2.09 bits per heavy atom. The number of carbonyl (C=O) groups excluding carboxylic acids is 1. The minimum Gasteiger partial charge on any atom is -0.347 e. The number of nitrogens with one attached hydrogen (secondary N) is 2. The number of aryl methyl sites for hydroxylation is 1. The van der Waals surface area contributed by atoms with E-state index in [2.05, 4.69) is 43.6 Å². The Bertz CT molecular complexity index is 724. The van der Waals surface area contributed by atoms with Crippen molar-refractivity contribution in [1.29, 1.82) is 0 Å². The van der Waals surface area contributed by atoms with Crippen molar-refractivity contribution < 1.29 is 4.79 Å². The van der Waals surface area contributed by atoms with E-state index in [4.69, 9.17) is 0 Å². The minimum atomic E-state index is -0.0287. The first-order chi connectivity index (χ1) is 10.7. The van der Waals surface area contributed by atoms with Crippen molar-refractivity contribution in [2.75, 3.05) is 0 Å². The molecule has 2 aliphatic rings. The summed E-state index contributed by atoms with van der Waals surface area (Å²) in [4.78, 5) is 12.5. The third-order valence-corrected chi connectivity index (χ3v) is 5.41. The van der Waals surface area contributed by atoms with Crippen LogP contribution >= 0.6 is 15.9 Å². The molecule has 0 bridgehead atoms. The quantitative estimate of drug-likeness (QED) is 0.882.